The van der Waals surface area contributed by atoms with Gasteiger partial charge in [0.15, 0.2) is 0 Å². The van der Waals surface area contributed by atoms with Crippen LogP contribution < -0.4 is 10.4 Å². The minimum Gasteiger partial charge on any atom is -0.291 e. The van der Waals surface area contributed by atoms with E-state index in [0.29, 0.717) is 11.5 Å². The Labute approximate surface area is 148 Å². The summed E-state index contributed by atoms with van der Waals surface area (Å²) in [6.45, 7) is 4.29. The highest BCUT2D eigenvalue weighted by Gasteiger charge is 2.18. The standard InChI is InChI=1S/C22H22N2O/c1-17(2)18-13-15-19(16-14-18)22(25)24(21-11-7-4-8-12-21)23-20-9-5-3-6-10-20/h3-17,23H,1-2H3. The van der Waals surface area contributed by atoms with Gasteiger partial charge in [-0.3, -0.25) is 10.2 Å². The highest BCUT2D eigenvalue weighted by Crippen LogP contribution is 2.21. The third kappa shape index (κ3) is 4.07. The van der Waals surface area contributed by atoms with E-state index >= 15 is 0 Å². The van der Waals surface area contributed by atoms with E-state index < -0.39 is 0 Å². The Morgan fingerprint density at radius 3 is 1.92 bits per heavy atom. The molecule has 3 nitrogen and oxygen atoms in total. The van der Waals surface area contributed by atoms with Crippen LogP contribution in [0.2, 0.25) is 0 Å². The SMILES string of the molecule is CC(C)c1ccc(C(=O)N(Nc2ccccc2)c2ccccc2)cc1. The number of benzene rings is 3. The molecule has 0 aliphatic rings. The van der Waals surface area contributed by atoms with Gasteiger partial charge < -0.3 is 0 Å². The quantitative estimate of drug-likeness (QED) is 0.628. The molecule has 0 radical (unpaired) electrons. The number of nitrogens with one attached hydrogen (secondary N) is 1. The fraction of sp³-hybridized carbons (Fsp3) is 0.136. The van der Waals surface area contributed by atoms with E-state index in [1.54, 1.807) is 5.01 Å². The summed E-state index contributed by atoms with van der Waals surface area (Å²) in [4.78, 5) is 13.1. The minimum absolute atomic E-state index is 0.0923. The molecule has 0 spiro atoms. The molecule has 25 heavy (non-hydrogen) atoms. The van der Waals surface area contributed by atoms with Gasteiger partial charge in [-0.2, -0.15) is 0 Å². The Bertz CT molecular complexity index is 812. The van der Waals surface area contributed by atoms with Crippen LogP contribution in [0.4, 0.5) is 11.4 Å². The second kappa shape index (κ2) is 7.67. The summed E-state index contributed by atoms with van der Waals surface area (Å²) < 4.78 is 0. The summed E-state index contributed by atoms with van der Waals surface area (Å²) in [5.41, 5.74) is 6.74. The van der Waals surface area contributed by atoms with Crippen molar-refractivity contribution >= 4 is 17.3 Å². The van der Waals surface area contributed by atoms with E-state index in [2.05, 4.69) is 19.3 Å². The highest BCUT2D eigenvalue weighted by molar-refractivity contribution is 6.07. The monoisotopic (exact) mass is 330 g/mol. The van der Waals surface area contributed by atoms with Gasteiger partial charge in [0, 0.05) is 5.56 Å². The average Bonchev–Trinajstić information content (AvgIpc) is 2.67. The van der Waals surface area contributed by atoms with Crippen LogP contribution in [-0.2, 0) is 0 Å². The van der Waals surface area contributed by atoms with E-state index in [1.165, 1.54) is 5.56 Å². The molecule has 0 heterocycles. The van der Waals surface area contributed by atoms with Gasteiger partial charge in [-0.05, 0) is 47.9 Å². The first-order valence-corrected chi connectivity index (χ1v) is 8.46. The maximum absolute atomic E-state index is 13.1. The van der Waals surface area contributed by atoms with Gasteiger partial charge in [-0.25, -0.2) is 5.01 Å². The second-order valence-electron chi connectivity index (χ2n) is 6.23. The summed E-state index contributed by atoms with van der Waals surface area (Å²) in [5, 5.41) is 1.58. The average molecular weight is 330 g/mol. The molecule has 0 aliphatic carbocycles. The number of rotatable bonds is 5. The number of anilines is 2. The Morgan fingerprint density at radius 1 is 0.800 bits per heavy atom. The van der Waals surface area contributed by atoms with Crippen LogP contribution >= 0.6 is 0 Å². The van der Waals surface area contributed by atoms with Crippen LogP contribution in [0, 0.1) is 0 Å². The van der Waals surface area contributed by atoms with Gasteiger partial charge in [0.1, 0.15) is 0 Å². The first-order chi connectivity index (χ1) is 12.1. The number of hydrogen-bond donors (Lipinski definition) is 1. The van der Waals surface area contributed by atoms with E-state index in [0.717, 1.165) is 11.4 Å². The number of hydrogen-bond acceptors (Lipinski definition) is 2. The highest BCUT2D eigenvalue weighted by atomic mass is 16.2. The molecule has 0 atom stereocenters. The van der Waals surface area contributed by atoms with Gasteiger partial charge in [-0.15, -0.1) is 0 Å². The molecule has 0 unspecified atom stereocenters. The van der Waals surface area contributed by atoms with Crippen molar-refractivity contribution in [2.75, 3.05) is 10.4 Å². The van der Waals surface area contributed by atoms with E-state index in [4.69, 9.17) is 0 Å². The van der Waals surface area contributed by atoms with Gasteiger partial charge in [0.2, 0.25) is 0 Å². The Kier molecular flexibility index (Phi) is 5.14. The molecule has 1 N–H and O–H groups in total. The predicted molar refractivity (Wildman–Crippen MR) is 104 cm³/mol. The van der Waals surface area contributed by atoms with Gasteiger partial charge in [-0.1, -0.05) is 62.4 Å². The summed E-state index contributed by atoms with van der Waals surface area (Å²) in [7, 11) is 0. The molecule has 0 fully saturated rings. The lowest BCUT2D eigenvalue weighted by molar-refractivity contribution is 0.0992. The van der Waals surface area contributed by atoms with Gasteiger partial charge in [0.25, 0.3) is 5.91 Å². The van der Waals surface area contributed by atoms with E-state index in [-0.39, 0.29) is 5.91 Å². The molecule has 0 saturated carbocycles. The molecular formula is C22H22N2O. The second-order valence-corrected chi connectivity index (χ2v) is 6.23. The van der Waals surface area contributed by atoms with E-state index in [1.807, 2.05) is 84.9 Å². The zero-order valence-corrected chi connectivity index (χ0v) is 14.5. The van der Waals surface area contributed by atoms with Crippen LogP contribution in [0.5, 0.6) is 0 Å². The van der Waals surface area contributed by atoms with Crippen LogP contribution in [0.1, 0.15) is 35.7 Å². The predicted octanol–water partition coefficient (Wildman–Crippen LogP) is 5.48. The molecule has 3 rings (SSSR count). The van der Waals surface area contributed by atoms with Crippen molar-refractivity contribution < 1.29 is 4.79 Å². The van der Waals surface area contributed by atoms with E-state index in [9.17, 15) is 4.79 Å². The Hall–Kier alpha value is -3.07. The molecule has 1 amide bonds. The first-order valence-electron chi connectivity index (χ1n) is 8.46. The normalized spacial score (nSPS) is 10.5. The third-order valence-corrected chi connectivity index (χ3v) is 4.06. The molecule has 3 heteroatoms. The minimum atomic E-state index is -0.0923. The van der Waals surface area contributed by atoms with Gasteiger partial charge >= 0.3 is 0 Å². The van der Waals surface area contributed by atoms with Crippen LogP contribution in [0.15, 0.2) is 84.9 Å². The smallest absolute Gasteiger partial charge is 0.276 e. The number of carbonyl (C=O) groups is 1. The molecule has 0 bridgehead atoms. The number of amides is 1. The lowest BCUT2D eigenvalue weighted by atomic mass is 10.0. The maximum atomic E-state index is 13.1. The zero-order chi connectivity index (χ0) is 17.6. The van der Waals surface area contributed by atoms with Crippen molar-refractivity contribution in [2.24, 2.45) is 0 Å². The Balaban J connectivity index is 1.92. The van der Waals surface area contributed by atoms with Crippen molar-refractivity contribution in [1.29, 1.82) is 0 Å². The maximum Gasteiger partial charge on any atom is 0.276 e. The summed E-state index contributed by atoms with van der Waals surface area (Å²) in [6, 6.07) is 27.1. The number of nitrogens with zero attached hydrogens (tertiary/aromatic N) is 1. The Morgan fingerprint density at radius 2 is 1.36 bits per heavy atom. The molecule has 0 aromatic heterocycles. The molecule has 3 aromatic carbocycles. The molecule has 0 saturated heterocycles. The number of hydrazine groups is 1. The zero-order valence-electron chi connectivity index (χ0n) is 14.5. The first kappa shape index (κ1) is 16.8. The van der Waals surface area contributed by atoms with Crippen molar-refractivity contribution in [2.45, 2.75) is 19.8 Å². The van der Waals surface area contributed by atoms with Crippen LogP contribution in [0.3, 0.4) is 0 Å². The summed E-state index contributed by atoms with van der Waals surface area (Å²) in [6.07, 6.45) is 0. The lowest BCUT2D eigenvalue weighted by Gasteiger charge is -2.24. The van der Waals surface area contributed by atoms with Crippen molar-refractivity contribution in [3.63, 3.8) is 0 Å². The fourth-order valence-electron chi connectivity index (χ4n) is 2.59. The molecule has 126 valence electrons. The largest absolute Gasteiger partial charge is 0.291 e. The fourth-order valence-corrected chi connectivity index (χ4v) is 2.59. The van der Waals surface area contributed by atoms with Crippen LogP contribution in [-0.4, -0.2) is 5.91 Å². The molecule has 3 aromatic rings. The van der Waals surface area contributed by atoms with Crippen molar-refractivity contribution in [3.8, 4) is 0 Å². The lowest BCUT2D eigenvalue weighted by Crippen LogP contribution is -2.36. The number of para-hydroxylation sites is 2. The summed E-state index contributed by atoms with van der Waals surface area (Å²) >= 11 is 0. The topological polar surface area (TPSA) is 32.3 Å². The number of carbonyl (C=O) groups excluding carboxylic acids is 1. The summed E-state index contributed by atoms with van der Waals surface area (Å²) in [5.74, 6) is 0.349. The van der Waals surface area contributed by atoms with Crippen molar-refractivity contribution in [1.82, 2.24) is 0 Å². The van der Waals surface area contributed by atoms with Crippen LogP contribution in [0.25, 0.3) is 0 Å². The molecular weight excluding hydrogens is 308 g/mol. The third-order valence-electron chi connectivity index (χ3n) is 4.06. The van der Waals surface area contributed by atoms with Crippen molar-refractivity contribution in [3.05, 3.63) is 96.1 Å². The van der Waals surface area contributed by atoms with Gasteiger partial charge in [0.05, 0.1) is 11.4 Å². The molecule has 0 aliphatic heterocycles.